The molecule has 1 heterocycles. The number of sulfonamides is 1. The lowest BCUT2D eigenvalue weighted by Crippen LogP contribution is -2.25. The summed E-state index contributed by atoms with van der Waals surface area (Å²) >= 11 is 0. The first-order valence-corrected chi connectivity index (χ1v) is 8.12. The standard InChI is InChI=1S/C14H18N4O2S/c1-18(2)14-15-9-8-13(17-14)10-16-21(19,20)11-12-6-4-3-5-7-12/h3-9,16H,10-11H2,1-2H3. The van der Waals surface area contributed by atoms with Crippen LogP contribution >= 0.6 is 0 Å². The van der Waals surface area contributed by atoms with Crippen molar-refractivity contribution < 1.29 is 8.42 Å². The molecule has 21 heavy (non-hydrogen) atoms. The van der Waals surface area contributed by atoms with E-state index in [-0.39, 0.29) is 12.3 Å². The van der Waals surface area contributed by atoms with Crippen LogP contribution in [0, 0.1) is 0 Å². The van der Waals surface area contributed by atoms with E-state index in [0.29, 0.717) is 11.6 Å². The van der Waals surface area contributed by atoms with Crippen molar-refractivity contribution in [3.05, 3.63) is 53.9 Å². The van der Waals surface area contributed by atoms with Gasteiger partial charge in [-0.05, 0) is 11.6 Å². The third kappa shape index (κ3) is 4.80. The second-order valence-corrected chi connectivity index (χ2v) is 6.62. The van der Waals surface area contributed by atoms with E-state index in [1.807, 2.05) is 32.3 Å². The summed E-state index contributed by atoms with van der Waals surface area (Å²) in [6, 6.07) is 10.8. The molecule has 0 saturated heterocycles. The van der Waals surface area contributed by atoms with Gasteiger partial charge >= 0.3 is 0 Å². The number of nitrogens with one attached hydrogen (secondary N) is 1. The van der Waals surface area contributed by atoms with Gasteiger partial charge in [0, 0.05) is 20.3 Å². The van der Waals surface area contributed by atoms with Gasteiger partial charge in [0.05, 0.1) is 18.0 Å². The molecule has 0 amide bonds. The molecule has 0 unspecified atom stereocenters. The van der Waals surface area contributed by atoms with Gasteiger partial charge in [-0.15, -0.1) is 0 Å². The second-order valence-electron chi connectivity index (χ2n) is 4.81. The Bertz CT molecular complexity index is 687. The van der Waals surface area contributed by atoms with Gasteiger partial charge in [-0.25, -0.2) is 23.1 Å². The highest BCUT2D eigenvalue weighted by Crippen LogP contribution is 2.06. The third-order valence-corrected chi connectivity index (χ3v) is 4.07. The van der Waals surface area contributed by atoms with Crippen molar-refractivity contribution >= 4 is 16.0 Å². The Morgan fingerprint density at radius 2 is 1.86 bits per heavy atom. The second kappa shape index (κ2) is 6.64. The van der Waals surface area contributed by atoms with E-state index in [9.17, 15) is 8.42 Å². The maximum atomic E-state index is 12.0. The van der Waals surface area contributed by atoms with Crippen molar-refractivity contribution in [2.24, 2.45) is 0 Å². The van der Waals surface area contributed by atoms with Crippen molar-refractivity contribution in [1.29, 1.82) is 0 Å². The smallest absolute Gasteiger partial charge is 0.225 e. The van der Waals surface area contributed by atoms with Gasteiger partial charge in [0.25, 0.3) is 0 Å². The molecule has 2 aromatic rings. The Labute approximate surface area is 124 Å². The number of nitrogens with zero attached hydrogens (tertiary/aromatic N) is 3. The fraction of sp³-hybridized carbons (Fsp3) is 0.286. The van der Waals surface area contributed by atoms with Crippen LogP contribution in [0.2, 0.25) is 0 Å². The molecule has 0 radical (unpaired) electrons. The predicted molar refractivity (Wildman–Crippen MR) is 82.3 cm³/mol. The minimum Gasteiger partial charge on any atom is -0.347 e. The number of hydrogen-bond donors (Lipinski definition) is 1. The first-order valence-electron chi connectivity index (χ1n) is 6.47. The van der Waals surface area contributed by atoms with Gasteiger partial charge in [-0.1, -0.05) is 30.3 Å². The number of anilines is 1. The number of hydrogen-bond acceptors (Lipinski definition) is 5. The lowest BCUT2D eigenvalue weighted by molar-refractivity contribution is 0.579. The minimum absolute atomic E-state index is 0.0422. The lowest BCUT2D eigenvalue weighted by atomic mass is 10.2. The summed E-state index contributed by atoms with van der Waals surface area (Å²) in [6.45, 7) is 0.151. The van der Waals surface area contributed by atoms with Crippen molar-refractivity contribution in [1.82, 2.24) is 14.7 Å². The third-order valence-electron chi connectivity index (χ3n) is 2.77. The molecule has 112 valence electrons. The molecule has 0 aliphatic carbocycles. The average molecular weight is 306 g/mol. The predicted octanol–water partition coefficient (Wildman–Crippen LogP) is 1.16. The van der Waals surface area contributed by atoms with Gasteiger partial charge in [-0.2, -0.15) is 0 Å². The first kappa shape index (κ1) is 15.4. The monoisotopic (exact) mass is 306 g/mol. The highest BCUT2D eigenvalue weighted by Gasteiger charge is 2.12. The maximum absolute atomic E-state index is 12.0. The van der Waals surface area contributed by atoms with Crippen LogP contribution in [-0.4, -0.2) is 32.5 Å². The molecule has 6 nitrogen and oxygen atoms in total. The van der Waals surface area contributed by atoms with Crippen LogP contribution in [0.4, 0.5) is 5.95 Å². The molecular weight excluding hydrogens is 288 g/mol. The molecule has 0 spiro atoms. The summed E-state index contributed by atoms with van der Waals surface area (Å²) in [4.78, 5) is 10.1. The molecule has 0 saturated carbocycles. The molecule has 0 aliphatic heterocycles. The number of aromatic nitrogens is 2. The van der Waals surface area contributed by atoms with Crippen LogP contribution < -0.4 is 9.62 Å². The van der Waals surface area contributed by atoms with E-state index in [2.05, 4.69) is 14.7 Å². The normalized spacial score (nSPS) is 11.3. The molecular formula is C14H18N4O2S. The van der Waals surface area contributed by atoms with Crippen molar-refractivity contribution in [2.75, 3.05) is 19.0 Å². The highest BCUT2D eigenvalue weighted by molar-refractivity contribution is 7.88. The van der Waals surface area contributed by atoms with E-state index >= 15 is 0 Å². The first-order chi connectivity index (χ1) is 9.96. The van der Waals surface area contributed by atoms with Crippen LogP contribution in [0.15, 0.2) is 42.6 Å². The Morgan fingerprint density at radius 1 is 1.14 bits per heavy atom. The summed E-state index contributed by atoms with van der Waals surface area (Å²) in [6.07, 6.45) is 1.61. The fourth-order valence-electron chi connectivity index (χ4n) is 1.73. The van der Waals surface area contributed by atoms with E-state index in [1.54, 1.807) is 29.3 Å². The molecule has 1 aromatic heterocycles. The van der Waals surface area contributed by atoms with Crippen LogP contribution in [-0.2, 0) is 22.3 Å². The highest BCUT2D eigenvalue weighted by atomic mass is 32.2. The molecule has 0 bridgehead atoms. The Balaban J connectivity index is 2.00. The van der Waals surface area contributed by atoms with E-state index in [1.165, 1.54) is 0 Å². The molecule has 0 aliphatic rings. The van der Waals surface area contributed by atoms with Gasteiger partial charge in [-0.3, -0.25) is 0 Å². The van der Waals surface area contributed by atoms with Gasteiger partial charge in [0.15, 0.2) is 0 Å². The van der Waals surface area contributed by atoms with E-state index in [4.69, 9.17) is 0 Å². The van der Waals surface area contributed by atoms with Crippen LogP contribution in [0.25, 0.3) is 0 Å². The summed E-state index contributed by atoms with van der Waals surface area (Å²) in [5.74, 6) is 0.509. The lowest BCUT2D eigenvalue weighted by Gasteiger charge is -2.11. The zero-order chi connectivity index (χ0) is 15.3. The van der Waals surface area contributed by atoms with Crippen LogP contribution in [0.5, 0.6) is 0 Å². The molecule has 1 N–H and O–H groups in total. The number of benzene rings is 1. The van der Waals surface area contributed by atoms with Gasteiger partial charge in [0.2, 0.25) is 16.0 Å². The largest absolute Gasteiger partial charge is 0.347 e. The molecule has 0 fully saturated rings. The van der Waals surface area contributed by atoms with Crippen molar-refractivity contribution in [2.45, 2.75) is 12.3 Å². The fourth-order valence-corrected chi connectivity index (χ4v) is 2.83. The minimum atomic E-state index is -3.39. The Hall–Kier alpha value is -1.99. The maximum Gasteiger partial charge on any atom is 0.225 e. The molecule has 1 aromatic carbocycles. The quantitative estimate of drug-likeness (QED) is 0.867. The summed E-state index contributed by atoms with van der Waals surface area (Å²) in [7, 11) is 0.274. The molecule has 2 rings (SSSR count). The van der Waals surface area contributed by atoms with Crippen molar-refractivity contribution in [3.8, 4) is 0 Å². The topological polar surface area (TPSA) is 75.2 Å². The van der Waals surface area contributed by atoms with Gasteiger partial charge in [0.1, 0.15) is 0 Å². The number of rotatable bonds is 6. The average Bonchev–Trinajstić information content (AvgIpc) is 2.46. The van der Waals surface area contributed by atoms with E-state index in [0.717, 1.165) is 5.56 Å². The van der Waals surface area contributed by atoms with Crippen LogP contribution in [0.1, 0.15) is 11.3 Å². The zero-order valence-corrected chi connectivity index (χ0v) is 12.8. The van der Waals surface area contributed by atoms with Gasteiger partial charge < -0.3 is 4.90 Å². The molecule has 0 atom stereocenters. The van der Waals surface area contributed by atoms with E-state index < -0.39 is 10.0 Å². The Morgan fingerprint density at radius 3 is 2.52 bits per heavy atom. The summed E-state index contributed by atoms with van der Waals surface area (Å²) in [5.41, 5.74) is 1.38. The summed E-state index contributed by atoms with van der Waals surface area (Å²) < 4.78 is 26.6. The Kier molecular flexibility index (Phi) is 4.87. The SMILES string of the molecule is CN(C)c1nccc(CNS(=O)(=O)Cc2ccccc2)n1. The van der Waals surface area contributed by atoms with Crippen molar-refractivity contribution in [3.63, 3.8) is 0 Å². The summed E-state index contributed by atoms with van der Waals surface area (Å²) in [5, 5.41) is 0. The van der Waals surface area contributed by atoms with Crippen LogP contribution in [0.3, 0.4) is 0 Å². The molecule has 7 heteroatoms. The zero-order valence-electron chi connectivity index (χ0n) is 12.0.